The summed E-state index contributed by atoms with van der Waals surface area (Å²) in [5.74, 6) is 0. The number of aliphatic hydroxyl groups is 2. The molecular formula is C11H16INO2. The van der Waals surface area contributed by atoms with Crippen LogP contribution in [-0.2, 0) is 0 Å². The van der Waals surface area contributed by atoms with Crippen molar-refractivity contribution in [2.45, 2.75) is 6.92 Å². The van der Waals surface area contributed by atoms with Crippen LogP contribution in [0.1, 0.15) is 6.92 Å². The number of anilines is 1. The minimum atomic E-state index is -0.471. The van der Waals surface area contributed by atoms with E-state index in [1.165, 1.54) is 0 Å². The summed E-state index contributed by atoms with van der Waals surface area (Å²) in [6, 6.07) is 7.98. The number of benzene rings is 1. The molecule has 0 aliphatic heterocycles. The summed E-state index contributed by atoms with van der Waals surface area (Å²) in [7, 11) is 0. The Hall–Kier alpha value is -0.330. The summed E-state index contributed by atoms with van der Waals surface area (Å²) in [4.78, 5) is 0. The molecule has 0 saturated carbocycles. The smallest absolute Gasteiger partial charge is 0.0523 e. The largest absolute Gasteiger partial charge is 0.396 e. The molecule has 0 heterocycles. The highest BCUT2D eigenvalue weighted by molar-refractivity contribution is 14.1. The van der Waals surface area contributed by atoms with Gasteiger partial charge in [0.2, 0.25) is 0 Å². The van der Waals surface area contributed by atoms with E-state index in [0.717, 1.165) is 9.26 Å². The van der Waals surface area contributed by atoms with Crippen molar-refractivity contribution in [3.8, 4) is 0 Å². The van der Waals surface area contributed by atoms with Gasteiger partial charge >= 0.3 is 0 Å². The molecule has 0 saturated heterocycles. The quantitative estimate of drug-likeness (QED) is 0.724. The zero-order valence-corrected chi connectivity index (χ0v) is 10.9. The predicted octanol–water partition coefficient (Wildman–Crippen LogP) is 1.69. The molecule has 1 aromatic carbocycles. The predicted molar refractivity (Wildman–Crippen MR) is 69.9 cm³/mol. The van der Waals surface area contributed by atoms with Crippen molar-refractivity contribution in [3.63, 3.8) is 0 Å². The second kappa shape index (κ2) is 5.67. The van der Waals surface area contributed by atoms with Crippen LogP contribution in [0, 0.1) is 8.99 Å². The summed E-state index contributed by atoms with van der Waals surface area (Å²) < 4.78 is 1.16. The van der Waals surface area contributed by atoms with E-state index in [0.29, 0.717) is 6.54 Å². The van der Waals surface area contributed by atoms with Crippen LogP contribution in [0.25, 0.3) is 0 Å². The highest BCUT2D eigenvalue weighted by Crippen LogP contribution is 2.17. The normalized spacial score (nSPS) is 11.5. The maximum Gasteiger partial charge on any atom is 0.0523 e. The standard InChI is InChI=1S/C11H16INO2/c1-11(7-14,8-15)6-13-10-4-2-3-9(12)5-10/h2-5,13-15H,6-8H2,1H3. The molecule has 0 aliphatic rings. The summed E-state index contributed by atoms with van der Waals surface area (Å²) in [5.41, 5.74) is 0.538. The number of hydrogen-bond acceptors (Lipinski definition) is 3. The van der Waals surface area contributed by atoms with Crippen molar-refractivity contribution >= 4 is 28.3 Å². The fourth-order valence-electron chi connectivity index (χ4n) is 1.08. The fraction of sp³-hybridized carbons (Fsp3) is 0.455. The highest BCUT2D eigenvalue weighted by atomic mass is 127. The molecule has 0 aromatic heterocycles. The summed E-state index contributed by atoms with van der Waals surface area (Å²) in [5, 5.41) is 21.4. The average molecular weight is 321 g/mol. The number of hydrogen-bond donors (Lipinski definition) is 3. The maximum atomic E-state index is 9.12. The molecule has 4 heteroatoms. The van der Waals surface area contributed by atoms with Gasteiger partial charge in [0.25, 0.3) is 0 Å². The second-order valence-electron chi connectivity index (χ2n) is 3.99. The number of nitrogens with one attached hydrogen (secondary N) is 1. The lowest BCUT2D eigenvalue weighted by atomic mass is 9.93. The molecule has 15 heavy (non-hydrogen) atoms. The zero-order valence-electron chi connectivity index (χ0n) is 8.70. The lowest BCUT2D eigenvalue weighted by molar-refractivity contribution is 0.0806. The Morgan fingerprint density at radius 3 is 2.53 bits per heavy atom. The summed E-state index contributed by atoms with van der Waals surface area (Å²) in [6.07, 6.45) is 0. The van der Waals surface area contributed by atoms with Crippen LogP contribution >= 0.6 is 22.6 Å². The van der Waals surface area contributed by atoms with Crippen molar-refractivity contribution in [2.24, 2.45) is 5.41 Å². The Kier molecular flexibility index (Phi) is 4.82. The minimum absolute atomic E-state index is 0.0274. The molecule has 0 aliphatic carbocycles. The van der Waals surface area contributed by atoms with Crippen molar-refractivity contribution in [1.82, 2.24) is 0 Å². The van der Waals surface area contributed by atoms with E-state index in [2.05, 4.69) is 27.9 Å². The van der Waals surface area contributed by atoms with Gasteiger partial charge in [-0.1, -0.05) is 13.0 Å². The van der Waals surface area contributed by atoms with Gasteiger partial charge in [0.05, 0.1) is 13.2 Å². The van der Waals surface area contributed by atoms with E-state index in [1.807, 2.05) is 31.2 Å². The third-order valence-electron chi connectivity index (χ3n) is 2.31. The molecule has 1 rings (SSSR count). The maximum absolute atomic E-state index is 9.12. The molecule has 0 amide bonds. The lowest BCUT2D eigenvalue weighted by Gasteiger charge is -2.25. The van der Waals surface area contributed by atoms with E-state index in [9.17, 15) is 0 Å². The van der Waals surface area contributed by atoms with E-state index in [1.54, 1.807) is 0 Å². The van der Waals surface area contributed by atoms with Crippen LogP contribution in [0.2, 0.25) is 0 Å². The SMILES string of the molecule is CC(CO)(CO)CNc1cccc(I)c1. The van der Waals surface area contributed by atoms with Gasteiger partial charge in [-0.3, -0.25) is 0 Å². The van der Waals surface area contributed by atoms with Gasteiger partial charge in [-0.2, -0.15) is 0 Å². The Balaban J connectivity index is 2.56. The fourth-order valence-corrected chi connectivity index (χ4v) is 1.62. The van der Waals surface area contributed by atoms with Gasteiger partial charge in [0.15, 0.2) is 0 Å². The summed E-state index contributed by atoms with van der Waals surface area (Å²) >= 11 is 2.25. The van der Waals surface area contributed by atoms with E-state index in [4.69, 9.17) is 10.2 Å². The van der Waals surface area contributed by atoms with Crippen LogP contribution in [0.3, 0.4) is 0 Å². The molecule has 0 bridgehead atoms. The molecule has 3 N–H and O–H groups in total. The van der Waals surface area contributed by atoms with Gasteiger partial charge in [-0.05, 0) is 40.8 Å². The molecule has 0 fully saturated rings. The van der Waals surface area contributed by atoms with Gasteiger partial charge in [0.1, 0.15) is 0 Å². The van der Waals surface area contributed by atoms with Crippen LogP contribution < -0.4 is 5.32 Å². The Labute approximate surface area is 104 Å². The molecule has 0 spiro atoms. The molecule has 1 aromatic rings. The first kappa shape index (κ1) is 12.7. The lowest BCUT2D eigenvalue weighted by Crippen LogP contribution is -2.34. The average Bonchev–Trinajstić information content (AvgIpc) is 2.26. The monoisotopic (exact) mass is 321 g/mol. The Morgan fingerprint density at radius 2 is 2.00 bits per heavy atom. The molecule has 84 valence electrons. The van der Waals surface area contributed by atoms with Crippen molar-refractivity contribution in [2.75, 3.05) is 25.1 Å². The topological polar surface area (TPSA) is 52.5 Å². The Morgan fingerprint density at radius 1 is 1.33 bits per heavy atom. The molecular weight excluding hydrogens is 305 g/mol. The number of halogens is 1. The third kappa shape index (κ3) is 3.96. The zero-order chi connectivity index (χ0) is 11.3. The molecule has 0 radical (unpaired) electrons. The first-order valence-corrected chi connectivity index (χ1v) is 5.89. The number of rotatable bonds is 5. The second-order valence-corrected chi connectivity index (χ2v) is 5.24. The van der Waals surface area contributed by atoms with Gasteiger partial charge in [-0.15, -0.1) is 0 Å². The molecule has 3 nitrogen and oxygen atoms in total. The van der Waals surface area contributed by atoms with E-state index in [-0.39, 0.29) is 13.2 Å². The molecule has 0 atom stereocenters. The van der Waals surface area contributed by atoms with Crippen LogP contribution in [0.5, 0.6) is 0 Å². The minimum Gasteiger partial charge on any atom is -0.396 e. The van der Waals surface area contributed by atoms with E-state index < -0.39 is 5.41 Å². The van der Waals surface area contributed by atoms with Gasteiger partial charge in [-0.25, -0.2) is 0 Å². The third-order valence-corrected chi connectivity index (χ3v) is 2.98. The van der Waals surface area contributed by atoms with Crippen LogP contribution in [-0.4, -0.2) is 30.0 Å². The van der Waals surface area contributed by atoms with Crippen molar-refractivity contribution < 1.29 is 10.2 Å². The highest BCUT2D eigenvalue weighted by Gasteiger charge is 2.21. The van der Waals surface area contributed by atoms with Gasteiger partial charge < -0.3 is 15.5 Å². The van der Waals surface area contributed by atoms with Gasteiger partial charge in [0, 0.05) is 21.2 Å². The summed E-state index contributed by atoms with van der Waals surface area (Å²) in [6.45, 7) is 2.34. The Bertz CT molecular complexity index is 313. The van der Waals surface area contributed by atoms with Crippen LogP contribution in [0.4, 0.5) is 5.69 Å². The first-order valence-electron chi connectivity index (χ1n) is 4.81. The van der Waals surface area contributed by atoms with Crippen molar-refractivity contribution in [3.05, 3.63) is 27.8 Å². The van der Waals surface area contributed by atoms with Crippen LogP contribution in [0.15, 0.2) is 24.3 Å². The molecule has 0 unspecified atom stereocenters. The first-order chi connectivity index (χ1) is 7.09. The number of aliphatic hydroxyl groups excluding tert-OH is 2. The van der Waals surface area contributed by atoms with Crippen molar-refractivity contribution in [1.29, 1.82) is 0 Å². The van der Waals surface area contributed by atoms with E-state index >= 15 is 0 Å².